The van der Waals surface area contributed by atoms with Crippen LogP contribution in [0.3, 0.4) is 0 Å². The van der Waals surface area contributed by atoms with Gasteiger partial charge in [0.15, 0.2) is 0 Å². The van der Waals surface area contributed by atoms with Gasteiger partial charge in [-0.1, -0.05) is 84.6 Å². The molecule has 0 amide bonds. The van der Waals surface area contributed by atoms with Crippen LogP contribution in [0, 0.1) is 0 Å². The summed E-state index contributed by atoms with van der Waals surface area (Å²) in [7, 11) is 0.353. The zero-order valence-electron chi connectivity index (χ0n) is 14.2. The molecule has 0 N–H and O–H groups in total. The van der Waals surface area contributed by atoms with Crippen LogP contribution in [0.25, 0.3) is 0 Å². The summed E-state index contributed by atoms with van der Waals surface area (Å²) in [6.45, 7) is 22.1. The molecule has 0 atom stereocenters. The van der Waals surface area contributed by atoms with Crippen molar-refractivity contribution in [3.63, 3.8) is 0 Å². The predicted octanol–water partition coefficient (Wildman–Crippen LogP) is 6.71. The average molecular weight is 290 g/mol. The Bertz CT molecular complexity index is 173. The molecule has 0 aromatic rings. The first-order valence-electron chi connectivity index (χ1n) is 7.78. The number of hydrogen-bond acceptors (Lipinski definition) is 0. The summed E-state index contributed by atoms with van der Waals surface area (Å²) in [6.07, 6.45) is 2.82. The zero-order chi connectivity index (χ0) is 14.5. The molecular formula is C16H36P2. The van der Waals surface area contributed by atoms with Crippen LogP contribution in [-0.4, -0.2) is 28.0 Å². The summed E-state index contributed by atoms with van der Waals surface area (Å²) in [5.74, 6) is 0. The summed E-state index contributed by atoms with van der Waals surface area (Å²) in [5, 5.41) is 1.03. The lowest BCUT2D eigenvalue weighted by Crippen LogP contribution is -2.22. The fourth-order valence-electron chi connectivity index (χ4n) is 3.28. The molecule has 110 valence electrons. The molecule has 0 rings (SSSR count). The first-order valence-corrected chi connectivity index (χ1v) is 10.9. The van der Waals surface area contributed by atoms with E-state index in [0.717, 1.165) is 28.0 Å². The van der Waals surface area contributed by atoms with E-state index in [1.807, 2.05) is 0 Å². The van der Waals surface area contributed by atoms with Gasteiger partial charge in [0.05, 0.1) is 0 Å². The normalized spacial score (nSPS) is 13.3. The molecule has 0 spiro atoms. The lowest BCUT2D eigenvalue weighted by molar-refractivity contribution is 0.821. The molecular weight excluding hydrogens is 254 g/mol. The third kappa shape index (κ3) is 5.46. The van der Waals surface area contributed by atoms with Crippen molar-refractivity contribution in [2.45, 2.75) is 103 Å². The minimum atomic E-state index is 0.177. The Balaban J connectivity index is 5.22. The lowest BCUT2D eigenvalue weighted by Gasteiger charge is -2.43. The van der Waals surface area contributed by atoms with Crippen molar-refractivity contribution in [1.82, 2.24) is 0 Å². The van der Waals surface area contributed by atoms with Crippen molar-refractivity contribution in [2.75, 3.05) is 0 Å². The highest BCUT2D eigenvalue weighted by atomic mass is 31.2. The van der Waals surface area contributed by atoms with Crippen LogP contribution in [-0.2, 0) is 0 Å². The maximum Gasteiger partial charge on any atom is 0.000325 e. The Labute approximate surface area is 119 Å². The molecule has 0 nitrogen and oxygen atoms in total. The topological polar surface area (TPSA) is 0 Å². The Morgan fingerprint density at radius 3 is 1.06 bits per heavy atom. The van der Waals surface area contributed by atoms with Gasteiger partial charge < -0.3 is 0 Å². The van der Waals surface area contributed by atoms with E-state index in [1.54, 1.807) is 0 Å². The lowest BCUT2D eigenvalue weighted by atomic mass is 10.4. The van der Waals surface area contributed by atoms with Gasteiger partial charge in [0.2, 0.25) is 0 Å². The molecule has 0 heterocycles. The van der Waals surface area contributed by atoms with Gasteiger partial charge in [-0.2, -0.15) is 0 Å². The third-order valence-corrected chi connectivity index (χ3v) is 11.9. The monoisotopic (exact) mass is 290 g/mol. The minimum Gasteiger partial charge on any atom is -0.0938 e. The molecule has 0 unspecified atom stereocenters. The summed E-state index contributed by atoms with van der Waals surface area (Å²) < 4.78 is 0. The van der Waals surface area contributed by atoms with Crippen molar-refractivity contribution in [1.29, 1.82) is 0 Å². The van der Waals surface area contributed by atoms with Gasteiger partial charge in [0.25, 0.3) is 0 Å². The zero-order valence-corrected chi connectivity index (χ0v) is 16.0. The molecule has 0 aromatic carbocycles. The predicted molar refractivity (Wildman–Crippen MR) is 93.1 cm³/mol. The molecule has 0 aliphatic rings. The molecule has 0 bridgehead atoms. The second kappa shape index (κ2) is 8.92. The maximum absolute atomic E-state index is 2.46. The van der Waals surface area contributed by atoms with Gasteiger partial charge in [0.1, 0.15) is 0 Å². The van der Waals surface area contributed by atoms with Gasteiger partial charge in [-0.05, 0) is 29.1 Å². The van der Waals surface area contributed by atoms with E-state index in [9.17, 15) is 0 Å². The molecule has 0 saturated carbocycles. The van der Waals surface area contributed by atoms with Crippen LogP contribution >= 0.6 is 15.8 Å². The fraction of sp³-hybridized carbons (Fsp3) is 1.00. The summed E-state index contributed by atoms with van der Waals surface area (Å²) >= 11 is 0. The van der Waals surface area contributed by atoms with Crippen LogP contribution in [0.15, 0.2) is 0 Å². The summed E-state index contributed by atoms with van der Waals surface area (Å²) in [4.78, 5) is 0. The van der Waals surface area contributed by atoms with Crippen LogP contribution in [0.5, 0.6) is 0 Å². The Morgan fingerprint density at radius 1 is 0.611 bits per heavy atom. The molecule has 0 fully saturated rings. The van der Waals surface area contributed by atoms with E-state index in [-0.39, 0.29) is 15.8 Å². The minimum absolute atomic E-state index is 0.177. The largest absolute Gasteiger partial charge is 0.0938 e. The average Bonchev–Trinajstić information content (AvgIpc) is 2.14. The standard InChI is InChI=1S/C16H36P2/c1-10-11-16(17(12(2)3)13(4)5)18(14(6)7)15(8)9/h12-16H,10-11H2,1-9H3. The summed E-state index contributed by atoms with van der Waals surface area (Å²) in [5.41, 5.74) is 3.55. The Kier molecular flexibility index (Phi) is 9.34. The van der Waals surface area contributed by atoms with E-state index >= 15 is 0 Å². The highest BCUT2D eigenvalue weighted by Gasteiger charge is 2.34. The molecule has 0 saturated heterocycles. The Hall–Kier alpha value is 0.860. The highest BCUT2D eigenvalue weighted by Crippen LogP contribution is 2.67. The Morgan fingerprint density at radius 2 is 0.889 bits per heavy atom. The number of rotatable bonds is 8. The maximum atomic E-state index is 2.46. The van der Waals surface area contributed by atoms with Crippen LogP contribution in [0.4, 0.5) is 0 Å². The van der Waals surface area contributed by atoms with Gasteiger partial charge in [-0.15, -0.1) is 0 Å². The van der Waals surface area contributed by atoms with E-state index in [1.165, 1.54) is 12.8 Å². The van der Waals surface area contributed by atoms with Gasteiger partial charge in [-0.3, -0.25) is 0 Å². The van der Waals surface area contributed by atoms with Crippen LogP contribution < -0.4 is 0 Å². The van der Waals surface area contributed by atoms with Crippen molar-refractivity contribution in [3.05, 3.63) is 0 Å². The fourth-order valence-corrected chi connectivity index (χ4v) is 14.0. The van der Waals surface area contributed by atoms with Gasteiger partial charge in [-0.25, -0.2) is 0 Å². The molecule has 18 heavy (non-hydrogen) atoms. The highest BCUT2D eigenvalue weighted by molar-refractivity contribution is 7.77. The first kappa shape index (κ1) is 18.9. The second-order valence-electron chi connectivity index (χ2n) is 6.54. The van der Waals surface area contributed by atoms with Crippen LogP contribution in [0.2, 0.25) is 0 Å². The first-order chi connectivity index (χ1) is 8.23. The van der Waals surface area contributed by atoms with Crippen LogP contribution in [0.1, 0.15) is 75.2 Å². The van der Waals surface area contributed by atoms with Crippen molar-refractivity contribution in [2.24, 2.45) is 0 Å². The van der Waals surface area contributed by atoms with Gasteiger partial charge >= 0.3 is 0 Å². The van der Waals surface area contributed by atoms with Crippen molar-refractivity contribution in [3.8, 4) is 0 Å². The quantitative estimate of drug-likeness (QED) is 0.436. The van der Waals surface area contributed by atoms with E-state index < -0.39 is 0 Å². The van der Waals surface area contributed by atoms with Gasteiger partial charge in [0, 0.05) is 5.40 Å². The van der Waals surface area contributed by atoms with E-state index in [2.05, 4.69) is 62.3 Å². The number of hydrogen-bond donors (Lipinski definition) is 0. The molecule has 0 radical (unpaired) electrons. The molecule has 0 aromatic heterocycles. The summed E-state index contributed by atoms with van der Waals surface area (Å²) in [6, 6.07) is 0. The third-order valence-electron chi connectivity index (χ3n) is 3.62. The molecule has 0 aliphatic carbocycles. The molecule has 0 aliphatic heterocycles. The smallest absolute Gasteiger partial charge is 0.000325 e. The second-order valence-corrected chi connectivity index (χ2v) is 14.1. The van der Waals surface area contributed by atoms with E-state index in [0.29, 0.717) is 0 Å². The van der Waals surface area contributed by atoms with Crippen molar-refractivity contribution >= 4 is 15.8 Å². The molecule has 2 heteroatoms. The van der Waals surface area contributed by atoms with E-state index in [4.69, 9.17) is 0 Å². The van der Waals surface area contributed by atoms with Crippen molar-refractivity contribution < 1.29 is 0 Å². The SMILES string of the molecule is CCCC(P(C(C)C)C(C)C)P(C(C)C)C(C)C.